The molecule has 1 aliphatic rings. The maximum atomic E-state index is 12.6. The predicted molar refractivity (Wildman–Crippen MR) is 121 cm³/mol. The average molecular weight is 433 g/mol. The van der Waals surface area contributed by atoms with Crippen LogP contribution in [0.1, 0.15) is 24.0 Å². The Bertz CT molecular complexity index is 1010. The number of amides is 2. The largest absolute Gasteiger partial charge is 0.484 e. The molecule has 0 saturated carbocycles. The molecule has 1 N–H and O–H groups in total. The van der Waals surface area contributed by atoms with Crippen LogP contribution < -0.4 is 10.1 Å². The Balaban J connectivity index is 1.20. The minimum Gasteiger partial charge on any atom is -0.484 e. The van der Waals surface area contributed by atoms with E-state index < -0.39 is 0 Å². The first kappa shape index (κ1) is 21.6. The van der Waals surface area contributed by atoms with Gasteiger partial charge in [0.15, 0.2) is 6.61 Å². The van der Waals surface area contributed by atoms with E-state index in [9.17, 15) is 9.59 Å². The molecule has 0 atom stereocenters. The summed E-state index contributed by atoms with van der Waals surface area (Å²) in [6, 6.07) is 17.5. The zero-order chi connectivity index (χ0) is 22.2. The molecule has 7 heteroatoms. The molecule has 1 fully saturated rings. The van der Waals surface area contributed by atoms with Crippen molar-refractivity contribution >= 4 is 11.8 Å². The minimum absolute atomic E-state index is 0.0241. The molecule has 32 heavy (non-hydrogen) atoms. The van der Waals surface area contributed by atoms with Crippen LogP contribution in [0.5, 0.6) is 5.75 Å². The van der Waals surface area contributed by atoms with Crippen LogP contribution in [0, 0.1) is 5.92 Å². The lowest BCUT2D eigenvalue weighted by molar-refractivity contribution is -0.137. The van der Waals surface area contributed by atoms with Gasteiger partial charge in [-0.3, -0.25) is 9.59 Å². The fourth-order valence-corrected chi connectivity index (χ4v) is 3.91. The van der Waals surface area contributed by atoms with Crippen molar-refractivity contribution < 1.29 is 14.3 Å². The van der Waals surface area contributed by atoms with Crippen molar-refractivity contribution in [3.63, 3.8) is 0 Å². The highest BCUT2D eigenvalue weighted by atomic mass is 16.5. The van der Waals surface area contributed by atoms with Crippen LogP contribution in [-0.4, -0.2) is 46.0 Å². The normalized spacial score (nSPS) is 14.2. The zero-order valence-corrected chi connectivity index (χ0v) is 18.0. The smallest absolute Gasteiger partial charge is 0.260 e. The lowest BCUT2D eigenvalue weighted by Gasteiger charge is -2.31. The van der Waals surface area contributed by atoms with E-state index in [0.29, 0.717) is 38.2 Å². The first-order valence-corrected chi connectivity index (χ1v) is 10.9. The first-order valence-electron chi connectivity index (χ1n) is 10.9. The molecule has 7 nitrogen and oxygen atoms in total. The average Bonchev–Trinajstić information content (AvgIpc) is 3.35. The number of hydrogen-bond acceptors (Lipinski definition) is 4. The number of imidazole rings is 1. The lowest BCUT2D eigenvalue weighted by Crippen LogP contribution is -2.44. The minimum atomic E-state index is -0.0665. The summed E-state index contributed by atoms with van der Waals surface area (Å²) in [6.07, 6.45) is 6.82. The van der Waals surface area contributed by atoms with E-state index in [1.54, 1.807) is 17.4 Å². The number of nitrogens with zero attached hydrogens (tertiary/aromatic N) is 3. The summed E-state index contributed by atoms with van der Waals surface area (Å²) in [6.45, 7) is 2.43. The van der Waals surface area contributed by atoms with E-state index in [-0.39, 0.29) is 24.3 Å². The third kappa shape index (κ3) is 5.97. The van der Waals surface area contributed by atoms with E-state index in [0.717, 1.165) is 12.1 Å². The Morgan fingerprint density at radius 3 is 2.56 bits per heavy atom. The molecule has 0 radical (unpaired) electrons. The highest BCUT2D eigenvalue weighted by Crippen LogP contribution is 2.18. The summed E-state index contributed by atoms with van der Waals surface area (Å²) >= 11 is 0. The van der Waals surface area contributed by atoms with E-state index in [1.807, 2.05) is 53.2 Å². The monoisotopic (exact) mass is 432 g/mol. The van der Waals surface area contributed by atoms with Crippen molar-refractivity contribution in [2.75, 3.05) is 19.7 Å². The molecule has 2 aromatic carbocycles. The molecule has 4 rings (SSSR count). The van der Waals surface area contributed by atoms with Crippen molar-refractivity contribution in [2.45, 2.75) is 25.9 Å². The molecule has 0 unspecified atom stereocenters. The fraction of sp³-hybridized carbons (Fsp3) is 0.320. The zero-order valence-electron chi connectivity index (χ0n) is 18.0. The maximum absolute atomic E-state index is 12.6. The number of piperidine rings is 1. The SMILES string of the molecule is O=C(NCc1cccc(Cn2ccnc2)c1)C1CCN(C(=O)COc2ccccc2)CC1. The van der Waals surface area contributed by atoms with E-state index in [2.05, 4.69) is 22.4 Å². The summed E-state index contributed by atoms with van der Waals surface area (Å²) in [7, 11) is 0. The summed E-state index contributed by atoms with van der Waals surface area (Å²) in [5.41, 5.74) is 2.24. The topological polar surface area (TPSA) is 76.5 Å². The van der Waals surface area contributed by atoms with Gasteiger partial charge < -0.3 is 19.5 Å². The Labute approximate surface area is 188 Å². The number of carbonyl (C=O) groups excluding carboxylic acids is 2. The van der Waals surface area contributed by atoms with Gasteiger partial charge in [-0.2, -0.15) is 0 Å². The predicted octanol–water partition coefficient (Wildman–Crippen LogP) is 2.87. The second kappa shape index (κ2) is 10.6. The maximum Gasteiger partial charge on any atom is 0.260 e. The van der Waals surface area contributed by atoms with Crippen molar-refractivity contribution in [3.05, 3.63) is 84.4 Å². The molecule has 2 heterocycles. The van der Waals surface area contributed by atoms with Crippen molar-refractivity contribution in [2.24, 2.45) is 5.92 Å². The van der Waals surface area contributed by atoms with Gasteiger partial charge in [0.05, 0.1) is 6.33 Å². The van der Waals surface area contributed by atoms with Crippen molar-refractivity contribution in [1.82, 2.24) is 19.8 Å². The van der Waals surface area contributed by atoms with Crippen LogP contribution in [0.15, 0.2) is 73.3 Å². The van der Waals surface area contributed by atoms with Crippen LogP contribution >= 0.6 is 0 Å². The Morgan fingerprint density at radius 2 is 1.81 bits per heavy atom. The van der Waals surface area contributed by atoms with Gasteiger partial charge in [0.1, 0.15) is 5.75 Å². The standard InChI is InChI=1S/C25H28N4O3/c30-24(18-32-23-7-2-1-3-8-23)29-12-9-22(10-13-29)25(31)27-16-20-5-4-6-21(15-20)17-28-14-11-26-19-28/h1-8,11,14-15,19,22H,9-10,12-13,16-18H2,(H,27,31). The second-order valence-electron chi connectivity index (χ2n) is 8.03. The van der Waals surface area contributed by atoms with Crippen LogP contribution in [0.4, 0.5) is 0 Å². The molecule has 0 aliphatic carbocycles. The molecule has 1 aromatic heterocycles. The van der Waals surface area contributed by atoms with E-state index in [4.69, 9.17) is 4.74 Å². The summed E-state index contributed by atoms with van der Waals surface area (Å²) in [5, 5.41) is 3.06. The van der Waals surface area contributed by atoms with Gasteiger partial charge in [-0.1, -0.05) is 42.5 Å². The number of para-hydroxylation sites is 1. The van der Waals surface area contributed by atoms with Crippen molar-refractivity contribution in [3.8, 4) is 5.75 Å². The quantitative estimate of drug-likeness (QED) is 0.594. The molecule has 0 bridgehead atoms. The highest BCUT2D eigenvalue weighted by Gasteiger charge is 2.27. The van der Waals surface area contributed by atoms with Gasteiger partial charge >= 0.3 is 0 Å². The molecule has 0 spiro atoms. The van der Waals surface area contributed by atoms with Crippen LogP contribution in [0.25, 0.3) is 0 Å². The summed E-state index contributed by atoms with van der Waals surface area (Å²) in [5.74, 6) is 0.632. The summed E-state index contributed by atoms with van der Waals surface area (Å²) in [4.78, 5) is 30.9. The Kier molecular flexibility index (Phi) is 7.17. The first-order chi connectivity index (χ1) is 15.7. The third-order valence-corrected chi connectivity index (χ3v) is 5.71. The Hall–Kier alpha value is -3.61. The van der Waals surface area contributed by atoms with Crippen molar-refractivity contribution in [1.29, 1.82) is 0 Å². The lowest BCUT2D eigenvalue weighted by atomic mass is 9.95. The number of rotatable bonds is 8. The molecular formula is C25H28N4O3. The van der Waals surface area contributed by atoms with E-state index in [1.165, 1.54) is 5.56 Å². The van der Waals surface area contributed by atoms with Gasteiger partial charge in [-0.25, -0.2) is 4.98 Å². The van der Waals surface area contributed by atoms with Crippen LogP contribution in [0.2, 0.25) is 0 Å². The second-order valence-corrected chi connectivity index (χ2v) is 8.03. The molecule has 1 aliphatic heterocycles. The number of likely N-dealkylation sites (tertiary alicyclic amines) is 1. The van der Waals surface area contributed by atoms with Gasteiger partial charge in [-0.05, 0) is 36.1 Å². The molecule has 3 aromatic rings. The fourth-order valence-electron chi connectivity index (χ4n) is 3.91. The number of carbonyl (C=O) groups is 2. The molecular weight excluding hydrogens is 404 g/mol. The van der Waals surface area contributed by atoms with Gasteiger partial charge in [0.25, 0.3) is 5.91 Å². The van der Waals surface area contributed by atoms with Gasteiger partial charge in [-0.15, -0.1) is 0 Å². The van der Waals surface area contributed by atoms with E-state index >= 15 is 0 Å². The number of hydrogen-bond donors (Lipinski definition) is 1. The Morgan fingerprint density at radius 1 is 1.03 bits per heavy atom. The van der Waals surface area contributed by atoms with Gasteiger partial charge in [0.2, 0.25) is 5.91 Å². The molecule has 2 amide bonds. The number of ether oxygens (including phenoxy) is 1. The molecule has 1 saturated heterocycles. The highest BCUT2D eigenvalue weighted by molar-refractivity contribution is 5.80. The molecule has 166 valence electrons. The number of aromatic nitrogens is 2. The number of nitrogens with one attached hydrogen (secondary N) is 1. The summed E-state index contributed by atoms with van der Waals surface area (Å²) < 4.78 is 7.56. The van der Waals surface area contributed by atoms with Crippen LogP contribution in [-0.2, 0) is 22.7 Å². The van der Waals surface area contributed by atoms with Crippen LogP contribution in [0.3, 0.4) is 0 Å². The third-order valence-electron chi connectivity index (χ3n) is 5.71. The number of benzene rings is 2. The van der Waals surface area contributed by atoms with Gasteiger partial charge in [0, 0.05) is 44.5 Å².